The Morgan fingerprint density at radius 1 is 1.33 bits per heavy atom. The number of rotatable bonds is 2. The molecule has 2 atom stereocenters. The van der Waals surface area contributed by atoms with Crippen molar-refractivity contribution in [3.8, 4) is 6.07 Å². The van der Waals surface area contributed by atoms with Gasteiger partial charge in [-0.3, -0.25) is 4.90 Å². The normalized spacial score (nSPS) is 26.9. The van der Waals surface area contributed by atoms with Crippen LogP contribution in [-0.4, -0.2) is 30.1 Å². The summed E-state index contributed by atoms with van der Waals surface area (Å²) < 4.78 is 0.984. The lowest BCUT2D eigenvalue weighted by molar-refractivity contribution is 0.318. The molecular weight excluding hydrogens is 290 g/mol. The molecule has 0 saturated carbocycles. The number of nitrogens with one attached hydrogen (secondary N) is 1. The van der Waals surface area contributed by atoms with Gasteiger partial charge in [-0.1, -0.05) is 0 Å². The maximum atomic E-state index is 8.86. The average Bonchev–Trinajstić information content (AvgIpc) is 2.96. The summed E-state index contributed by atoms with van der Waals surface area (Å²) in [6, 6.07) is 9.16. The molecule has 3 rings (SSSR count). The largest absolute Gasteiger partial charge is 0.380 e. The van der Waals surface area contributed by atoms with E-state index in [1.165, 1.54) is 32.4 Å². The third kappa shape index (κ3) is 2.13. The SMILES string of the molecule is N#Cc1ccc(NC2CCN3CCCC23)c(Br)c1. The van der Waals surface area contributed by atoms with E-state index >= 15 is 0 Å². The minimum Gasteiger partial charge on any atom is -0.380 e. The molecule has 2 fully saturated rings. The Bertz CT molecular complexity index is 494. The second-order valence-corrected chi connectivity index (χ2v) is 5.95. The molecule has 1 N–H and O–H groups in total. The number of fused-ring (bicyclic) bond motifs is 1. The number of anilines is 1. The summed E-state index contributed by atoms with van der Waals surface area (Å²) in [6.07, 6.45) is 3.86. The van der Waals surface area contributed by atoms with E-state index in [1.807, 2.05) is 18.2 Å². The molecule has 94 valence electrons. The van der Waals surface area contributed by atoms with Crippen molar-refractivity contribution in [2.24, 2.45) is 0 Å². The molecule has 0 spiro atoms. The van der Waals surface area contributed by atoms with Crippen molar-refractivity contribution in [1.82, 2.24) is 4.90 Å². The van der Waals surface area contributed by atoms with E-state index in [1.54, 1.807) is 0 Å². The van der Waals surface area contributed by atoms with Gasteiger partial charge in [0.25, 0.3) is 0 Å². The molecule has 2 saturated heterocycles. The lowest BCUT2D eigenvalue weighted by atomic mass is 10.1. The molecule has 2 unspecified atom stereocenters. The van der Waals surface area contributed by atoms with Crippen molar-refractivity contribution in [2.45, 2.75) is 31.3 Å². The van der Waals surface area contributed by atoms with Gasteiger partial charge in [-0.05, 0) is 59.9 Å². The van der Waals surface area contributed by atoms with Gasteiger partial charge >= 0.3 is 0 Å². The third-order valence-corrected chi connectivity index (χ3v) is 4.70. The summed E-state index contributed by atoms with van der Waals surface area (Å²) in [7, 11) is 0. The van der Waals surface area contributed by atoms with E-state index in [0.29, 0.717) is 17.6 Å². The van der Waals surface area contributed by atoms with Crippen LogP contribution in [0.4, 0.5) is 5.69 Å². The summed E-state index contributed by atoms with van der Waals surface area (Å²) in [5, 5.41) is 12.5. The van der Waals surface area contributed by atoms with Crippen LogP contribution in [-0.2, 0) is 0 Å². The first-order chi connectivity index (χ1) is 8.78. The molecule has 18 heavy (non-hydrogen) atoms. The van der Waals surface area contributed by atoms with E-state index in [0.717, 1.165) is 10.2 Å². The molecule has 2 heterocycles. The zero-order valence-corrected chi connectivity index (χ0v) is 11.8. The summed E-state index contributed by atoms with van der Waals surface area (Å²) >= 11 is 3.54. The van der Waals surface area contributed by atoms with Crippen molar-refractivity contribution in [3.63, 3.8) is 0 Å². The van der Waals surface area contributed by atoms with Crippen LogP contribution in [0.5, 0.6) is 0 Å². The van der Waals surface area contributed by atoms with Crippen LogP contribution in [0.2, 0.25) is 0 Å². The van der Waals surface area contributed by atoms with Gasteiger partial charge in [-0.15, -0.1) is 0 Å². The number of benzene rings is 1. The zero-order chi connectivity index (χ0) is 12.5. The Balaban J connectivity index is 1.75. The molecule has 2 aliphatic rings. The number of nitrogens with zero attached hydrogens (tertiary/aromatic N) is 2. The number of halogens is 1. The molecule has 3 nitrogen and oxygen atoms in total. The van der Waals surface area contributed by atoms with Crippen molar-refractivity contribution < 1.29 is 0 Å². The fraction of sp³-hybridized carbons (Fsp3) is 0.500. The fourth-order valence-corrected chi connectivity index (χ4v) is 3.65. The van der Waals surface area contributed by atoms with Gasteiger partial charge in [0.15, 0.2) is 0 Å². The highest BCUT2D eigenvalue weighted by atomic mass is 79.9. The standard InChI is InChI=1S/C14H16BrN3/c15-11-8-10(9-16)3-4-12(11)17-13-5-7-18-6-1-2-14(13)18/h3-4,8,13-14,17H,1-2,5-7H2. The Morgan fingerprint density at radius 3 is 3.00 bits per heavy atom. The first-order valence-corrected chi connectivity index (χ1v) is 7.27. The maximum Gasteiger partial charge on any atom is 0.0992 e. The molecule has 0 aliphatic carbocycles. The van der Waals surface area contributed by atoms with Crippen LogP contribution in [0.25, 0.3) is 0 Å². The summed E-state index contributed by atoms with van der Waals surface area (Å²) in [4.78, 5) is 2.59. The Hall–Kier alpha value is -1.05. The topological polar surface area (TPSA) is 39.1 Å². The Morgan fingerprint density at radius 2 is 2.22 bits per heavy atom. The highest BCUT2D eigenvalue weighted by Crippen LogP contribution is 2.32. The Labute approximate surface area is 116 Å². The third-order valence-electron chi connectivity index (χ3n) is 4.05. The monoisotopic (exact) mass is 305 g/mol. The molecule has 4 heteroatoms. The van der Waals surface area contributed by atoms with E-state index < -0.39 is 0 Å². The average molecular weight is 306 g/mol. The lowest BCUT2D eigenvalue weighted by Gasteiger charge is -2.22. The van der Waals surface area contributed by atoms with Crippen LogP contribution in [0, 0.1) is 11.3 Å². The number of hydrogen-bond donors (Lipinski definition) is 1. The van der Waals surface area contributed by atoms with Gasteiger partial charge in [-0.2, -0.15) is 5.26 Å². The van der Waals surface area contributed by atoms with Crippen LogP contribution >= 0.6 is 15.9 Å². The molecular formula is C14H16BrN3. The van der Waals surface area contributed by atoms with Gasteiger partial charge in [-0.25, -0.2) is 0 Å². The van der Waals surface area contributed by atoms with E-state index in [-0.39, 0.29) is 0 Å². The van der Waals surface area contributed by atoms with E-state index in [9.17, 15) is 0 Å². The van der Waals surface area contributed by atoms with Crippen LogP contribution in [0.3, 0.4) is 0 Å². The highest BCUT2D eigenvalue weighted by Gasteiger charge is 2.37. The summed E-state index contributed by atoms with van der Waals surface area (Å²) in [6.45, 7) is 2.48. The van der Waals surface area contributed by atoms with Crippen LogP contribution < -0.4 is 5.32 Å². The van der Waals surface area contributed by atoms with Crippen molar-refractivity contribution in [1.29, 1.82) is 5.26 Å². The fourth-order valence-electron chi connectivity index (χ4n) is 3.15. The predicted octanol–water partition coefficient (Wildman–Crippen LogP) is 2.97. The maximum absolute atomic E-state index is 8.86. The van der Waals surface area contributed by atoms with E-state index in [4.69, 9.17) is 5.26 Å². The zero-order valence-electron chi connectivity index (χ0n) is 10.2. The number of nitriles is 1. The van der Waals surface area contributed by atoms with Crippen molar-refractivity contribution in [2.75, 3.05) is 18.4 Å². The van der Waals surface area contributed by atoms with Crippen molar-refractivity contribution in [3.05, 3.63) is 28.2 Å². The van der Waals surface area contributed by atoms with Gasteiger partial charge in [0.05, 0.1) is 11.6 Å². The van der Waals surface area contributed by atoms with Gasteiger partial charge in [0.1, 0.15) is 0 Å². The van der Waals surface area contributed by atoms with Gasteiger partial charge < -0.3 is 5.32 Å². The first-order valence-electron chi connectivity index (χ1n) is 6.48. The van der Waals surface area contributed by atoms with Gasteiger partial charge in [0.2, 0.25) is 0 Å². The second-order valence-electron chi connectivity index (χ2n) is 5.09. The first kappa shape index (κ1) is 12.0. The van der Waals surface area contributed by atoms with Crippen LogP contribution in [0.1, 0.15) is 24.8 Å². The molecule has 0 radical (unpaired) electrons. The molecule has 0 amide bonds. The molecule has 0 aromatic heterocycles. The van der Waals surface area contributed by atoms with E-state index in [2.05, 4.69) is 32.2 Å². The van der Waals surface area contributed by atoms with Gasteiger partial charge in [0, 0.05) is 28.8 Å². The second kappa shape index (κ2) is 4.91. The molecule has 0 bridgehead atoms. The quantitative estimate of drug-likeness (QED) is 0.913. The highest BCUT2D eigenvalue weighted by molar-refractivity contribution is 9.10. The number of hydrogen-bond acceptors (Lipinski definition) is 3. The summed E-state index contributed by atoms with van der Waals surface area (Å²) in [5.74, 6) is 0. The smallest absolute Gasteiger partial charge is 0.0992 e. The minimum atomic E-state index is 0.553. The van der Waals surface area contributed by atoms with Crippen molar-refractivity contribution >= 4 is 21.6 Å². The minimum absolute atomic E-state index is 0.553. The lowest BCUT2D eigenvalue weighted by Crippen LogP contribution is -2.33. The molecule has 1 aromatic carbocycles. The molecule has 1 aromatic rings. The predicted molar refractivity (Wildman–Crippen MR) is 75.5 cm³/mol. The van der Waals surface area contributed by atoms with Crippen LogP contribution in [0.15, 0.2) is 22.7 Å². The molecule has 2 aliphatic heterocycles. The Kier molecular flexibility index (Phi) is 3.27. The summed E-state index contributed by atoms with van der Waals surface area (Å²) in [5.41, 5.74) is 1.80.